The quantitative estimate of drug-likeness (QED) is 0.940. The van der Waals surface area contributed by atoms with Crippen molar-refractivity contribution in [2.24, 2.45) is 0 Å². The van der Waals surface area contributed by atoms with Crippen LogP contribution in [-0.4, -0.2) is 18.0 Å². The molecule has 1 atom stereocenters. The molecule has 0 saturated heterocycles. The molecule has 104 valence electrons. The highest BCUT2D eigenvalue weighted by atomic mass is 35.5. The summed E-state index contributed by atoms with van der Waals surface area (Å²) in [7, 11) is 1.61. The molecule has 0 aliphatic rings. The molecule has 0 spiro atoms. The first-order valence-electron chi connectivity index (χ1n) is 6.16. The lowest BCUT2D eigenvalue weighted by atomic mass is 10.1. The van der Waals surface area contributed by atoms with Crippen LogP contribution in [0.4, 0.5) is 0 Å². The molecule has 5 heteroatoms. The molecule has 0 saturated carbocycles. The lowest BCUT2D eigenvalue weighted by Crippen LogP contribution is -2.27. The van der Waals surface area contributed by atoms with Crippen molar-refractivity contribution in [3.8, 4) is 5.75 Å². The van der Waals surface area contributed by atoms with Gasteiger partial charge in [0.25, 0.3) is 5.91 Å². The third-order valence-electron chi connectivity index (χ3n) is 2.90. The number of carbonyl (C=O) groups is 1. The van der Waals surface area contributed by atoms with Gasteiger partial charge in [-0.05, 0) is 36.8 Å². The molecular weight excluding hydrogens is 276 g/mol. The Bertz CT molecular complexity index is 616. The van der Waals surface area contributed by atoms with E-state index in [-0.39, 0.29) is 11.9 Å². The summed E-state index contributed by atoms with van der Waals surface area (Å²) in [6.45, 7) is 1.90. The molecule has 1 aromatic heterocycles. The van der Waals surface area contributed by atoms with Crippen molar-refractivity contribution in [3.63, 3.8) is 0 Å². The molecule has 0 radical (unpaired) electrons. The van der Waals surface area contributed by atoms with Crippen LogP contribution in [0.25, 0.3) is 0 Å². The van der Waals surface area contributed by atoms with Crippen LogP contribution >= 0.6 is 11.6 Å². The van der Waals surface area contributed by atoms with Gasteiger partial charge in [0.2, 0.25) is 0 Å². The Labute approximate surface area is 122 Å². The number of benzene rings is 1. The van der Waals surface area contributed by atoms with Crippen molar-refractivity contribution in [1.82, 2.24) is 10.3 Å². The second kappa shape index (κ2) is 6.39. The van der Waals surface area contributed by atoms with Gasteiger partial charge in [-0.25, -0.2) is 0 Å². The molecule has 1 heterocycles. The molecule has 20 heavy (non-hydrogen) atoms. The maximum Gasteiger partial charge on any atom is 0.270 e. The third-order valence-corrected chi connectivity index (χ3v) is 3.13. The van der Waals surface area contributed by atoms with E-state index in [2.05, 4.69) is 10.3 Å². The van der Waals surface area contributed by atoms with Crippen molar-refractivity contribution >= 4 is 17.5 Å². The van der Waals surface area contributed by atoms with E-state index in [1.807, 2.05) is 31.2 Å². The number of halogens is 1. The molecule has 1 unspecified atom stereocenters. The van der Waals surface area contributed by atoms with Gasteiger partial charge >= 0.3 is 0 Å². The predicted molar refractivity (Wildman–Crippen MR) is 78.1 cm³/mol. The van der Waals surface area contributed by atoms with Gasteiger partial charge in [0, 0.05) is 11.2 Å². The molecule has 0 fully saturated rings. The summed E-state index contributed by atoms with van der Waals surface area (Å²) < 4.78 is 5.17. The lowest BCUT2D eigenvalue weighted by molar-refractivity contribution is 0.0935. The highest BCUT2D eigenvalue weighted by Gasteiger charge is 2.13. The Kier molecular flexibility index (Phi) is 4.58. The monoisotopic (exact) mass is 290 g/mol. The maximum atomic E-state index is 12.1. The van der Waals surface area contributed by atoms with Crippen LogP contribution in [0.3, 0.4) is 0 Å². The normalized spacial score (nSPS) is 11.8. The number of rotatable bonds is 4. The van der Waals surface area contributed by atoms with E-state index in [0.29, 0.717) is 10.7 Å². The standard InChI is InChI=1S/C15H15ClN2O2/c1-10(11-4-3-5-13(8-11)20-2)18-15(19)14-9-12(16)6-7-17-14/h3-10H,1-2H3,(H,18,19). The summed E-state index contributed by atoms with van der Waals surface area (Å²) in [5, 5.41) is 3.36. The first-order valence-corrected chi connectivity index (χ1v) is 6.54. The van der Waals surface area contributed by atoms with Crippen molar-refractivity contribution in [1.29, 1.82) is 0 Å². The SMILES string of the molecule is COc1cccc(C(C)NC(=O)c2cc(Cl)ccn2)c1. The van der Waals surface area contributed by atoms with E-state index in [1.54, 1.807) is 13.2 Å². The molecule has 1 aromatic carbocycles. The average molecular weight is 291 g/mol. The fraction of sp³-hybridized carbons (Fsp3) is 0.200. The van der Waals surface area contributed by atoms with E-state index in [4.69, 9.17) is 16.3 Å². The molecule has 1 amide bonds. The second-order valence-electron chi connectivity index (χ2n) is 4.33. The second-order valence-corrected chi connectivity index (χ2v) is 4.77. The van der Waals surface area contributed by atoms with Gasteiger partial charge in [-0.1, -0.05) is 23.7 Å². The maximum absolute atomic E-state index is 12.1. The first kappa shape index (κ1) is 14.3. The van der Waals surface area contributed by atoms with Gasteiger partial charge in [-0.15, -0.1) is 0 Å². The number of aromatic nitrogens is 1. The Morgan fingerprint density at radius 1 is 1.35 bits per heavy atom. The van der Waals surface area contributed by atoms with Crippen LogP contribution in [0.1, 0.15) is 29.0 Å². The van der Waals surface area contributed by atoms with Gasteiger partial charge in [0.15, 0.2) is 0 Å². The van der Waals surface area contributed by atoms with Crippen molar-refractivity contribution in [3.05, 3.63) is 58.9 Å². The number of amides is 1. The summed E-state index contributed by atoms with van der Waals surface area (Å²) in [4.78, 5) is 16.1. The highest BCUT2D eigenvalue weighted by molar-refractivity contribution is 6.30. The third kappa shape index (κ3) is 3.48. The lowest BCUT2D eigenvalue weighted by Gasteiger charge is -2.15. The van der Waals surface area contributed by atoms with Gasteiger partial charge < -0.3 is 10.1 Å². The fourth-order valence-electron chi connectivity index (χ4n) is 1.79. The zero-order valence-corrected chi connectivity index (χ0v) is 12.0. The number of hydrogen-bond acceptors (Lipinski definition) is 3. The van der Waals surface area contributed by atoms with Crippen LogP contribution < -0.4 is 10.1 Å². The number of nitrogens with zero attached hydrogens (tertiary/aromatic N) is 1. The Morgan fingerprint density at radius 2 is 2.15 bits per heavy atom. The summed E-state index contributed by atoms with van der Waals surface area (Å²) >= 11 is 5.85. The van der Waals surface area contributed by atoms with Crippen LogP contribution in [0, 0.1) is 0 Å². The summed E-state index contributed by atoms with van der Waals surface area (Å²) in [5.74, 6) is 0.493. The van der Waals surface area contributed by atoms with E-state index in [9.17, 15) is 4.79 Å². The number of pyridine rings is 1. The number of hydrogen-bond donors (Lipinski definition) is 1. The summed E-state index contributed by atoms with van der Waals surface area (Å²) in [5.41, 5.74) is 1.26. The number of ether oxygens (including phenoxy) is 1. The minimum Gasteiger partial charge on any atom is -0.497 e. The molecule has 1 N–H and O–H groups in total. The number of carbonyl (C=O) groups excluding carboxylic acids is 1. The largest absolute Gasteiger partial charge is 0.497 e. The van der Waals surface area contributed by atoms with E-state index in [1.165, 1.54) is 12.3 Å². The van der Waals surface area contributed by atoms with Gasteiger partial charge in [0.1, 0.15) is 11.4 Å². The van der Waals surface area contributed by atoms with Crippen molar-refractivity contribution in [2.45, 2.75) is 13.0 Å². The van der Waals surface area contributed by atoms with Gasteiger partial charge in [0.05, 0.1) is 13.2 Å². The molecule has 0 aliphatic heterocycles. The van der Waals surface area contributed by atoms with Gasteiger partial charge in [-0.2, -0.15) is 0 Å². The fourth-order valence-corrected chi connectivity index (χ4v) is 1.95. The summed E-state index contributed by atoms with van der Waals surface area (Å²) in [6, 6.07) is 10.6. The number of nitrogens with one attached hydrogen (secondary N) is 1. The molecular formula is C15H15ClN2O2. The molecule has 0 bridgehead atoms. The Hall–Kier alpha value is -2.07. The Balaban J connectivity index is 2.10. The van der Waals surface area contributed by atoms with E-state index in [0.717, 1.165) is 11.3 Å². The first-order chi connectivity index (χ1) is 9.60. The molecule has 2 rings (SSSR count). The van der Waals surface area contributed by atoms with Crippen LogP contribution in [0.5, 0.6) is 5.75 Å². The molecule has 0 aliphatic carbocycles. The number of methoxy groups -OCH3 is 1. The van der Waals surface area contributed by atoms with Crippen LogP contribution in [0.2, 0.25) is 5.02 Å². The summed E-state index contributed by atoms with van der Waals surface area (Å²) in [6.07, 6.45) is 1.51. The predicted octanol–water partition coefficient (Wildman–Crippen LogP) is 3.23. The molecule has 4 nitrogen and oxygen atoms in total. The smallest absolute Gasteiger partial charge is 0.270 e. The van der Waals surface area contributed by atoms with E-state index < -0.39 is 0 Å². The van der Waals surface area contributed by atoms with Crippen molar-refractivity contribution < 1.29 is 9.53 Å². The minimum atomic E-state index is -0.261. The zero-order valence-electron chi connectivity index (χ0n) is 11.3. The zero-order chi connectivity index (χ0) is 14.5. The van der Waals surface area contributed by atoms with Crippen LogP contribution in [-0.2, 0) is 0 Å². The van der Waals surface area contributed by atoms with Crippen molar-refractivity contribution in [2.75, 3.05) is 7.11 Å². The highest BCUT2D eigenvalue weighted by Crippen LogP contribution is 2.19. The molecule has 2 aromatic rings. The topological polar surface area (TPSA) is 51.2 Å². The van der Waals surface area contributed by atoms with E-state index >= 15 is 0 Å². The minimum absolute atomic E-state index is 0.154. The Morgan fingerprint density at radius 3 is 2.85 bits per heavy atom. The van der Waals surface area contributed by atoms with Gasteiger partial charge in [-0.3, -0.25) is 9.78 Å². The average Bonchev–Trinajstić information content (AvgIpc) is 2.47. The van der Waals surface area contributed by atoms with Crippen LogP contribution in [0.15, 0.2) is 42.6 Å².